The van der Waals surface area contributed by atoms with Crippen molar-refractivity contribution < 1.29 is 0 Å². The first-order chi connectivity index (χ1) is 8.02. The molecule has 0 fully saturated rings. The third-order valence-electron chi connectivity index (χ3n) is 2.71. The van der Waals surface area contributed by atoms with E-state index >= 15 is 0 Å². The van der Waals surface area contributed by atoms with Crippen LogP contribution < -0.4 is 5.32 Å². The molecule has 0 atom stereocenters. The molecule has 0 aliphatic rings. The highest BCUT2D eigenvalue weighted by Crippen LogP contribution is 2.12. The van der Waals surface area contributed by atoms with Gasteiger partial charge >= 0.3 is 0 Å². The van der Waals surface area contributed by atoms with E-state index in [0.717, 1.165) is 35.8 Å². The third-order valence-corrected chi connectivity index (χ3v) is 3.12. The Kier molecular flexibility index (Phi) is 5.85. The van der Waals surface area contributed by atoms with Gasteiger partial charge < -0.3 is 10.2 Å². The molecule has 0 bridgehead atoms. The Morgan fingerprint density at radius 2 is 2.12 bits per heavy atom. The number of likely N-dealkylation sites (N-methyl/N-ethyl adjacent to an activating group) is 1. The van der Waals surface area contributed by atoms with Crippen molar-refractivity contribution in [1.82, 2.24) is 14.9 Å². The molecule has 0 saturated heterocycles. The van der Waals surface area contributed by atoms with Gasteiger partial charge in [0.25, 0.3) is 0 Å². The summed E-state index contributed by atoms with van der Waals surface area (Å²) >= 11 is 3.40. The summed E-state index contributed by atoms with van der Waals surface area (Å²) in [4.78, 5) is 11.0. The second kappa shape index (κ2) is 6.91. The molecule has 5 heteroatoms. The maximum atomic E-state index is 4.42. The van der Waals surface area contributed by atoms with Crippen LogP contribution in [0, 0.1) is 0 Å². The van der Waals surface area contributed by atoms with Gasteiger partial charge in [-0.05, 0) is 36.8 Å². The number of hydrogen-bond donors (Lipinski definition) is 1. The fourth-order valence-corrected chi connectivity index (χ4v) is 1.75. The summed E-state index contributed by atoms with van der Waals surface area (Å²) in [5.41, 5.74) is 0. The molecule has 0 aromatic carbocycles. The molecular weight excluding hydrogens is 280 g/mol. The number of hydrogen-bond acceptors (Lipinski definition) is 4. The first-order valence-electron chi connectivity index (χ1n) is 6.00. The maximum absolute atomic E-state index is 4.42. The van der Waals surface area contributed by atoms with E-state index in [1.165, 1.54) is 0 Å². The van der Waals surface area contributed by atoms with Gasteiger partial charge in [0.05, 0.1) is 0 Å². The molecular formula is C12H21BrN4. The van der Waals surface area contributed by atoms with Crippen molar-refractivity contribution in [3.8, 4) is 0 Å². The zero-order valence-corrected chi connectivity index (χ0v) is 12.6. The smallest absolute Gasteiger partial charge is 0.131 e. The van der Waals surface area contributed by atoms with Gasteiger partial charge in [0.1, 0.15) is 16.2 Å². The molecule has 17 heavy (non-hydrogen) atoms. The summed E-state index contributed by atoms with van der Waals surface area (Å²) in [5, 5.41) is 3.32. The van der Waals surface area contributed by atoms with E-state index in [1.807, 2.05) is 6.07 Å². The average molecular weight is 301 g/mol. The van der Waals surface area contributed by atoms with Gasteiger partial charge in [-0.15, -0.1) is 0 Å². The van der Waals surface area contributed by atoms with Crippen LogP contribution in [0.3, 0.4) is 0 Å². The van der Waals surface area contributed by atoms with Crippen LogP contribution in [0.25, 0.3) is 0 Å². The summed E-state index contributed by atoms with van der Waals surface area (Å²) in [6.45, 7) is 8.33. The Morgan fingerprint density at radius 3 is 2.71 bits per heavy atom. The van der Waals surface area contributed by atoms with Crippen LogP contribution in [0.2, 0.25) is 0 Å². The number of nitrogens with zero attached hydrogens (tertiary/aromatic N) is 3. The third kappa shape index (κ3) is 5.00. The van der Waals surface area contributed by atoms with Gasteiger partial charge in [-0.3, -0.25) is 0 Å². The van der Waals surface area contributed by atoms with Gasteiger partial charge in [0.15, 0.2) is 0 Å². The lowest BCUT2D eigenvalue weighted by Crippen LogP contribution is -2.31. The molecule has 1 N–H and O–H groups in total. The van der Waals surface area contributed by atoms with Gasteiger partial charge in [0, 0.05) is 31.6 Å². The fourth-order valence-electron chi connectivity index (χ4n) is 1.33. The lowest BCUT2D eigenvalue weighted by Gasteiger charge is -2.21. The molecule has 0 amide bonds. The monoisotopic (exact) mass is 300 g/mol. The highest BCUT2D eigenvalue weighted by Gasteiger charge is 2.04. The Morgan fingerprint density at radius 1 is 1.41 bits per heavy atom. The molecule has 0 saturated carbocycles. The lowest BCUT2D eigenvalue weighted by molar-refractivity contribution is 0.284. The number of aryl methyl sites for hydroxylation is 1. The minimum absolute atomic E-state index is 0.570. The minimum Gasteiger partial charge on any atom is -0.369 e. The van der Waals surface area contributed by atoms with Gasteiger partial charge in [0.2, 0.25) is 0 Å². The Hall–Kier alpha value is -0.680. The Labute approximate surface area is 112 Å². The average Bonchev–Trinajstić information content (AvgIpc) is 2.27. The highest BCUT2D eigenvalue weighted by atomic mass is 79.9. The van der Waals surface area contributed by atoms with Crippen molar-refractivity contribution >= 4 is 21.7 Å². The Balaban J connectivity index is 2.49. The number of aromatic nitrogens is 2. The number of rotatable bonds is 6. The largest absolute Gasteiger partial charge is 0.369 e. The number of nitrogens with one attached hydrogen (secondary N) is 1. The van der Waals surface area contributed by atoms with E-state index in [4.69, 9.17) is 0 Å². The van der Waals surface area contributed by atoms with E-state index in [0.29, 0.717) is 6.04 Å². The summed E-state index contributed by atoms with van der Waals surface area (Å²) in [7, 11) is 2.12. The maximum Gasteiger partial charge on any atom is 0.131 e. The lowest BCUT2D eigenvalue weighted by atomic mass is 10.3. The molecule has 0 aliphatic carbocycles. The molecule has 96 valence electrons. The normalized spacial score (nSPS) is 11.2. The topological polar surface area (TPSA) is 41.1 Å². The first-order valence-corrected chi connectivity index (χ1v) is 6.79. The van der Waals surface area contributed by atoms with Gasteiger partial charge in [-0.25, -0.2) is 9.97 Å². The summed E-state index contributed by atoms with van der Waals surface area (Å²) in [5.74, 6) is 1.75. The summed E-state index contributed by atoms with van der Waals surface area (Å²) in [6, 6.07) is 2.48. The van der Waals surface area contributed by atoms with E-state index in [-0.39, 0.29) is 0 Å². The first kappa shape index (κ1) is 14.4. The van der Waals surface area contributed by atoms with Crippen molar-refractivity contribution in [2.24, 2.45) is 0 Å². The van der Waals surface area contributed by atoms with Gasteiger partial charge in [-0.2, -0.15) is 0 Å². The van der Waals surface area contributed by atoms with Crippen molar-refractivity contribution in [1.29, 1.82) is 0 Å². The van der Waals surface area contributed by atoms with Crippen LogP contribution in [0.4, 0.5) is 5.82 Å². The fraction of sp³-hybridized carbons (Fsp3) is 0.667. The second-order valence-corrected chi connectivity index (χ2v) is 5.16. The van der Waals surface area contributed by atoms with Gasteiger partial charge in [-0.1, -0.05) is 6.92 Å². The van der Waals surface area contributed by atoms with Crippen LogP contribution in [-0.4, -0.2) is 41.0 Å². The highest BCUT2D eigenvalue weighted by molar-refractivity contribution is 9.10. The summed E-state index contributed by atoms with van der Waals surface area (Å²) < 4.78 is 0.837. The zero-order chi connectivity index (χ0) is 12.8. The number of anilines is 1. The number of halogens is 1. The minimum atomic E-state index is 0.570. The molecule has 1 aromatic heterocycles. The van der Waals surface area contributed by atoms with E-state index in [2.05, 4.69) is 63.9 Å². The zero-order valence-electron chi connectivity index (χ0n) is 11.0. The summed E-state index contributed by atoms with van der Waals surface area (Å²) in [6.07, 6.45) is 0.847. The van der Waals surface area contributed by atoms with Crippen LogP contribution in [0.5, 0.6) is 0 Å². The van der Waals surface area contributed by atoms with E-state index < -0.39 is 0 Å². The van der Waals surface area contributed by atoms with Crippen LogP contribution in [-0.2, 0) is 6.42 Å². The molecule has 1 rings (SSSR count). The van der Waals surface area contributed by atoms with Crippen molar-refractivity contribution in [3.63, 3.8) is 0 Å². The van der Waals surface area contributed by atoms with Crippen LogP contribution >= 0.6 is 15.9 Å². The van der Waals surface area contributed by atoms with Crippen LogP contribution in [0.1, 0.15) is 26.6 Å². The standard InChI is InChI=1S/C12H21BrN4/c1-5-11-15-10(13)8-12(16-11)14-6-7-17(4)9(2)3/h8-9H,5-7H2,1-4H3,(H,14,15,16). The van der Waals surface area contributed by atoms with Crippen molar-refractivity contribution in [3.05, 3.63) is 16.5 Å². The predicted octanol–water partition coefficient (Wildman–Crippen LogP) is 2.55. The van der Waals surface area contributed by atoms with Crippen molar-refractivity contribution in [2.45, 2.75) is 33.2 Å². The molecule has 1 aromatic rings. The molecule has 0 aliphatic heterocycles. The molecule has 1 heterocycles. The predicted molar refractivity (Wildman–Crippen MR) is 75.4 cm³/mol. The van der Waals surface area contributed by atoms with Crippen molar-refractivity contribution in [2.75, 3.05) is 25.5 Å². The van der Waals surface area contributed by atoms with E-state index in [9.17, 15) is 0 Å². The molecule has 0 spiro atoms. The van der Waals surface area contributed by atoms with E-state index in [1.54, 1.807) is 0 Å². The molecule has 0 radical (unpaired) electrons. The SMILES string of the molecule is CCc1nc(Br)cc(NCCN(C)C(C)C)n1. The Bertz CT molecular complexity index is 354. The quantitative estimate of drug-likeness (QED) is 0.820. The molecule has 0 unspecified atom stereocenters. The van der Waals surface area contributed by atoms with Crippen LogP contribution in [0.15, 0.2) is 10.7 Å². The second-order valence-electron chi connectivity index (χ2n) is 4.35. The molecule has 4 nitrogen and oxygen atoms in total.